The molecule has 5 nitrogen and oxygen atoms in total. The summed E-state index contributed by atoms with van der Waals surface area (Å²) in [5.41, 5.74) is 3.35. The average Bonchev–Trinajstić information content (AvgIpc) is 2.85. The summed E-state index contributed by atoms with van der Waals surface area (Å²) in [5.74, 6) is 1.08. The first kappa shape index (κ1) is 14.2. The van der Waals surface area contributed by atoms with Gasteiger partial charge in [0, 0.05) is 12.1 Å². The van der Waals surface area contributed by atoms with Crippen molar-refractivity contribution in [2.24, 2.45) is 0 Å². The molecule has 0 saturated heterocycles. The lowest BCUT2D eigenvalue weighted by atomic mass is 9.99. The van der Waals surface area contributed by atoms with E-state index in [9.17, 15) is 5.11 Å². The number of aromatic nitrogens is 3. The smallest absolute Gasteiger partial charge is 0.139 e. The van der Waals surface area contributed by atoms with Crippen LogP contribution in [0.2, 0.25) is 0 Å². The van der Waals surface area contributed by atoms with Gasteiger partial charge in [0.15, 0.2) is 0 Å². The fourth-order valence-corrected chi connectivity index (χ4v) is 3.59. The quantitative estimate of drug-likeness (QED) is 0.554. The van der Waals surface area contributed by atoms with Crippen LogP contribution >= 0.6 is 0 Å². The third kappa shape index (κ3) is 2.20. The van der Waals surface area contributed by atoms with Crippen molar-refractivity contribution in [3.05, 3.63) is 54.5 Å². The number of benzene rings is 2. The second-order valence-electron chi connectivity index (χ2n) is 6.28. The van der Waals surface area contributed by atoms with E-state index in [4.69, 9.17) is 4.98 Å². The molecular weight excluding hydrogens is 312 g/mol. The van der Waals surface area contributed by atoms with Crippen LogP contribution in [0.1, 0.15) is 12.1 Å². The Morgan fingerprint density at radius 3 is 2.92 bits per heavy atom. The first-order chi connectivity index (χ1) is 12.3. The van der Waals surface area contributed by atoms with Gasteiger partial charge < -0.3 is 10.4 Å². The second-order valence-corrected chi connectivity index (χ2v) is 6.28. The van der Waals surface area contributed by atoms with E-state index >= 15 is 0 Å². The molecule has 0 saturated carbocycles. The van der Waals surface area contributed by atoms with Crippen molar-refractivity contribution in [1.29, 1.82) is 0 Å². The van der Waals surface area contributed by atoms with Gasteiger partial charge in [0.25, 0.3) is 0 Å². The van der Waals surface area contributed by atoms with Crippen LogP contribution in [-0.2, 0) is 6.42 Å². The van der Waals surface area contributed by atoms with Crippen LogP contribution < -0.4 is 5.32 Å². The standard InChI is InChI=1S/C20H16N4O/c25-17-8-7-12-4-1-2-5-13(12)18(17)16-10-15-19-14(24-16)6-3-9-21-20(19)23-11-22-15/h1-2,4-5,7-8,10-11,25H,3,6,9H2,(H,21,22,23). The van der Waals surface area contributed by atoms with Crippen molar-refractivity contribution in [3.63, 3.8) is 0 Å². The Morgan fingerprint density at radius 1 is 1.04 bits per heavy atom. The molecule has 0 radical (unpaired) electrons. The maximum absolute atomic E-state index is 10.5. The third-order valence-corrected chi connectivity index (χ3v) is 4.74. The van der Waals surface area contributed by atoms with Gasteiger partial charge >= 0.3 is 0 Å². The van der Waals surface area contributed by atoms with Crippen molar-refractivity contribution >= 4 is 27.5 Å². The molecule has 5 heteroatoms. The molecule has 122 valence electrons. The van der Waals surface area contributed by atoms with Crippen molar-refractivity contribution in [2.75, 3.05) is 11.9 Å². The predicted molar refractivity (Wildman–Crippen MR) is 98.8 cm³/mol. The van der Waals surface area contributed by atoms with Gasteiger partial charge in [0.1, 0.15) is 17.9 Å². The van der Waals surface area contributed by atoms with Crippen molar-refractivity contribution in [2.45, 2.75) is 12.8 Å². The number of anilines is 1. The second kappa shape index (κ2) is 5.41. The van der Waals surface area contributed by atoms with E-state index in [1.54, 1.807) is 12.4 Å². The number of fused-ring (bicyclic) bond motifs is 1. The Balaban J connectivity index is 1.85. The monoisotopic (exact) mass is 328 g/mol. The normalized spacial score (nSPS) is 13.6. The van der Waals surface area contributed by atoms with Crippen LogP contribution in [0.25, 0.3) is 32.9 Å². The lowest BCUT2D eigenvalue weighted by Crippen LogP contribution is -2.01. The Morgan fingerprint density at radius 2 is 1.96 bits per heavy atom. The summed E-state index contributed by atoms with van der Waals surface area (Å²) < 4.78 is 0. The van der Waals surface area contributed by atoms with Gasteiger partial charge in [-0.25, -0.2) is 9.97 Å². The number of nitrogens with one attached hydrogen (secondary N) is 1. The van der Waals surface area contributed by atoms with Crippen molar-refractivity contribution in [1.82, 2.24) is 15.0 Å². The number of aryl methyl sites for hydroxylation is 1. The number of nitrogens with zero attached hydrogens (tertiary/aromatic N) is 3. The zero-order valence-electron chi connectivity index (χ0n) is 13.5. The molecule has 0 spiro atoms. The highest BCUT2D eigenvalue weighted by molar-refractivity contribution is 6.01. The zero-order valence-corrected chi connectivity index (χ0v) is 13.5. The molecule has 2 aromatic carbocycles. The molecule has 1 aliphatic rings. The number of phenols is 1. The molecule has 0 aliphatic carbocycles. The summed E-state index contributed by atoms with van der Waals surface area (Å²) in [6.45, 7) is 0.872. The van der Waals surface area contributed by atoms with Gasteiger partial charge in [-0.1, -0.05) is 30.3 Å². The minimum atomic E-state index is 0.235. The third-order valence-electron chi connectivity index (χ3n) is 4.74. The maximum atomic E-state index is 10.5. The number of phenolic OH excluding ortho intramolecular Hbond substituents is 1. The highest BCUT2D eigenvalue weighted by atomic mass is 16.3. The summed E-state index contributed by atoms with van der Waals surface area (Å²) in [4.78, 5) is 13.7. The fourth-order valence-electron chi connectivity index (χ4n) is 3.59. The Bertz CT molecular complexity index is 1120. The predicted octanol–water partition coefficient (Wildman–Crippen LogP) is 3.91. The van der Waals surface area contributed by atoms with Crippen molar-refractivity contribution in [3.8, 4) is 17.0 Å². The number of pyridine rings is 1. The van der Waals surface area contributed by atoms with Crippen LogP contribution in [0.4, 0.5) is 5.82 Å². The van der Waals surface area contributed by atoms with Crippen LogP contribution in [-0.4, -0.2) is 26.6 Å². The molecular formula is C20H16N4O. The van der Waals surface area contributed by atoms with E-state index in [0.29, 0.717) is 0 Å². The molecule has 3 heterocycles. The Hall–Kier alpha value is -3.21. The molecule has 0 amide bonds. The highest BCUT2D eigenvalue weighted by Gasteiger charge is 2.18. The molecule has 2 N–H and O–H groups in total. The van der Waals surface area contributed by atoms with E-state index in [0.717, 1.165) is 63.8 Å². The molecule has 0 atom stereocenters. The van der Waals surface area contributed by atoms with Gasteiger partial charge in [-0.3, -0.25) is 4.98 Å². The lowest BCUT2D eigenvalue weighted by molar-refractivity contribution is 0.478. The first-order valence-corrected chi connectivity index (χ1v) is 8.41. The SMILES string of the molecule is Oc1ccc2ccccc2c1-c1cc2ncnc3c2c(n1)CCCN3. The van der Waals surface area contributed by atoms with E-state index in [1.165, 1.54) is 0 Å². The molecule has 0 unspecified atom stereocenters. The average molecular weight is 328 g/mol. The number of hydrogen-bond donors (Lipinski definition) is 2. The van der Waals surface area contributed by atoms with Crippen LogP contribution in [0.15, 0.2) is 48.8 Å². The maximum Gasteiger partial charge on any atom is 0.139 e. The van der Waals surface area contributed by atoms with Crippen LogP contribution in [0.5, 0.6) is 5.75 Å². The Labute approximate surface area is 144 Å². The fraction of sp³-hybridized carbons (Fsp3) is 0.150. The van der Waals surface area contributed by atoms with E-state index in [-0.39, 0.29) is 5.75 Å². The van der Waals surface area contributed by atoms with Crippen LogP contribution in [0.3, 0.4) is 0 Å². The molecule has 5 rings (SSSR count). The first-order valence-electron chi connectivity index (χ1n) is 8.41. The molecule has 2 aromatic heterocycles. The summed E-state index contributed by atoms with van der Waals surface area (Å²) >= 11 is 0. The van der Waals surface area contributed by atoms with Gasteiger partial charge in [-0.15, -0.1) is 0 Å². The number of hydrogen-bond acceptors (Lipinski definition) is 5. The Kier molecular flexibility index (Phi) is 3.06. The van der Waals surface area contributed by atoms with Gasteiger partial charge in [0.05, 0.1) is 22.3 Å². The topological polar surface area (TPSA) is 70.9 Å². The summed E-state index contributed by atoms with van der Waals surface area (Å²) in [6, 6.07) is 13.6. The van der Waals surface area contributed by atoms with Crippen LogP contribution in [0, 0.1) is 0 Å². The van der Waals surface area contributed by atoms with Gasteiger partial charge in [-0.05, 0) is 35.7 Å². The molecule has 25 heavy (non-hydrogen) atoms. The van der Waals surface area contributed by atoms with Gasteiger partial charge in [0.2, 0.25) is 0 Å². The molecule has 4 aromatic rings. The summed E-state index contributed by atoms with van der Waals surface area (Å²) in [6.07, 6.45) is 3.43. The largest absolute Gasteiger partial charge is 0.507 e. The summed E-state index contributed by atoms with van der Waals surface area (Å²) in [5, 5.41) is 16.9. The summed E-state index contributed by atoms with van der Waals surface area (Å²) in [7, 11) is 0. The number of rotatable bonds is 1. The van der Waals surface area contributed by atoms with Crippen molar-refractivity contribution < 1.29 is 5.11 Å². The molecule has 1 aliphatic heterocycles. The molecule has 0 fully saturated rings. The van der Waals surface area contributed by atoms with Gasteiger partial charge in [-0.2, -0.15) is 0 Å². The van der Waals surface area contributed by atoms with E-state index in [1.807, 2.05) is 36.4 Å². The molecule has 0 bridgehead atoms. The minimum absolute atomic E-state index is 0.235. The van der Waals surface area contributed by atoms with E-state index in [2.05, 4.69) is 15.3 Å². The lowest BCUT2D eigenvalue weighted by Gasteiger charge is -2.12. The highest BCUT2D eigenvalue weighted by Crippen LogP contribution is 2.37. The number of aromatic hydroxyl groups is 1. The zero-order chi connectivity index (χ0) is 16.8. The van der Waals surface area contributed by atoms with E-state index < -0.39 is 0 Å². The minimum Gasteiger partial charge on any atom is -0.507 e.